The summed E-state index contributed by atoms with van der Waals surface area (Å²) in [6, 6.07) is 7.79. The minimum absolute atomic E-state index is 0.0754. The third-order valence-electron chi connectivity index (χ3n) is 2.56. The number of methoxy groups -OCH3 is 2. The van der Waals surface area contributed by atoms with Crippen molar-refractivity contribution in [2.24, 2.45) is 0 Å². The fourth-order valence-electron chi connectivity index (χ4n) is 1.50. The number of rotatable bonds is 9. The van der Waals surface area contributed by atoms with Gasteiger partial charge in [-0.15, -0.1) is 0 Å². The second-order valence-corrected chi connectivity index (χ2v) is 3.99. The molecule has 1 N–H and O–H groups in total. The lowest BCUT2D eigenvalue weighted by Gasteiger charge is -2.07. The summed E-state index contributed by atoms with van der Waals surface area (Å²) in [5, 5.41) is 2.80. The van der Waals surface area contributed by atoms with Crippen molar-refractivity contribution in [3.8, 4) is 5.75 Å². The molecule has 19 heavy (non-hydrogen) atoms. The number of hydrogen-bond donors (Lipinski definition) is 1. The quantitative estimate of drug-likeness (QED) is 0.679. The van der Waals surface area contributed by atoms with Crippen molar-refractivity contribution in [2.45, 2.75) is 6.42 Å². The van der Waals surface area contributed by atoms with Gasteiger partial charge < -0.3 is 19.5 Å². The number of ether oxygens (including phenoxy) is 3. The van der Waals surface area contributed by atoms with Crippen molar-refractivity contribution >= 4 is 5.91 Å². The lowest BCUT2D eigenvalue weighted by atomic mass is 10.1. The first kappa shape index (κ1) is 15.5. The Morgan fingerprint density at radius 2 is 1.89 bits per heavy atom. The van der Waals surface area contributed by atoms with Crippen LogP contribution >= 0.6 is 0 Å². The van der Waals surface area contributed by atoms with Gasteiger partial charge >= 0.3 is 0 Å². The van der Waals surface area contributed by atoms with Crippen molar-refractivity contribution in [2.75, 3.05) is 40.6 Å². The second-order valence-electron chi connectivity index (χ2n) is 3.99. The zero-order chi connectivity index (χ0) is 13.9. The molecule has 0 saturated carbocycles. The summed E-state index contributed by atoms with van der Waals surface area (Å²) >= 11 is 0. The monoisotopic (exact) mass is 267 g/mol. The highest BCUT2D eigenvalue weighted by atomic mass is 16.5. The van der Waals surface area contributed by atoms with Gasteiger partial charge in [-0.3, -0.25) is 4.79 Å². The molecule has 0 saturated heterocycles. The molecule has 0 heterocycles. The first-order valence-corrected chi connectivity index (χ1v) is 6.22. The highest BCUT2D eigenvalue weighted by Crippen LogP contribution is 2.11. The Morgan fingerprint density at radius 1 is 1.16 bits per heavy atom. The molecule has 106 valence electrons. The fraction of sp³-hybridized carbons (Fsp3) is 0.500. The lowest BCUT2D eigenvalue weighted by molar-refractivity contribution is -0.126. The van der Waals surface area contributed by atoms with E-state index in [4.69, 9.17) is 14.2 Å². The Bertz CT molecular complexity index is 364. The summed E-state index contributed by atoms with van der Waals surface area (Å²) in [6.45, 7) is 1.60. The molecule has 5 heteroatoms. The molecule has 1 aromatic carbocycles. The van der Waals surface area contributed by atoms with Crippen LogP contribution in [-0.4, -0.2) is 46.5 Å². The molecular formula is C14H21NO4. The standard InChI is InChI=1S/C14H21NO4/c1-17-9-10-19-11-14(16)15-8-7-12-3-5-13(18-2)6-4-12/h3-6H,7-11H2,1-2H3,(H,15,16). The van der Waals surface area contributed by atoms with Crippen LogP contribution in [-0.2, 0) is 20.7 Å². The van der Waals surface area contributed by atoms with E-state index in [1.54, 1.807) is 14.2 Å². The number of benzene rings is 1. The zero-order valence-corrected chi connectivity index (χ0v) is 11.5. The fourth-order valence-corrected chi connectivity index (χ4v) is 1.50. The number of carbonyl (C=O) groups is 1. The van der Waals surface area contributed by atoms with Crippen molar-refractivity contribution in [3.05, 3.63) is 29.8 Å². The lowest BCUT2D eigenvalue weighted by Crippen LogP contribution is -2.29. The van der Waals surface area contributed by atoms with E-state index >= 15 is 0 Å². The molecule has 1 amide bonds. The Balaban J connectivity index is 2.13. The Kier molecular flexibility index (Phi) is 7.62. The van der Waals surface area contributed by atoms with E-state index in [0.29, 0.717) is 19.8 Å². The van der Waals surface area contributed by atoms with Crippen LogP contribution in [0.1, 0.15) is 5.56 Å². The molecule has 0 radical (unpaired) electrons. The maximum atomic E-state index is 11.4. The van der Waals surface area contributed by atoms with Crippen molar-refractivity contribution < 1.29 is 19.0 Å². The predicted molar refractivity (Wildman–Crippen MR) is 72.4 cm³/mol. The van der Waals surface area contributed by atoms with Crippen molar-refractivity contribution in [1.82, 2.24) is 5.32 Å². The summed E-state index contributed by atoms with van der Waals surface area (Å²) in [6.07, 6.45) is 0.786. The average molecular weight is 267 g/mol. The van der Waals surface area contributed by atoms with Crippen molar-refractivity contribution in [1.29, 1.82) is 0 Å². The maximum Gasteiger partial charge on any atom is 0.246 e. The Hall–Kier alpha value is -1.59. The average Bonchev–Trinajstić information content (AvgIpc) is 2.44. The number of hydrogen-bond acceptors (Lipinski definition) is 4. The number of nitrogens with one attached hydrogen (secondary N) is 1. The molecule has 0 fully saturated rings. The summed E-state index contributed by atoms with van der Waals surface area (Å²) in [5.74, 6) is 0.726. The maximum absolute atomic E-state index is 11.4. The van der Waals surface area contributed by atoms with E-state index in [1.165, 1.54) is 0 Å². The highest BCUT2D eigenvalue weighted by molar-refractivity contribution is 5.77. The SMILES string of the molecule is COCCOCC(=O)NCCc1ccc(OC)cc1. The Morgan fingerprint density at radius 3 is 2.53 bits per heavy atom. The molecule has 0 spiro atoms. The number of amides is 1. The van der Waals surface area contributed by atoms with E-state index in [2.05, 4.69) is 5.32 Å². The normalized spacial score (nSPS) is 10.2. The van der Waals surface area contributed by atoms with E-state index in [1.807, 2.05) is 24.3 Å². The van der Waals surface area contributed by atoms with E-state index < -0.39 is 0 Å². The molecule has 1 aromatic rings. The molecule has 0 atom stereocenters. The molecular weight excluding hydrogens is 246 g/mol. The summed E-state index contributed by atoms with van der Waals surface area (Å²) in [7, 11) is 3.23. The van der Waals surface area contributed by atoms with Crippen LogP contribution in [0.5, 0.6) is 5.75 Å². The van der Waals surface area contributed by atoms with Crippen LogP contribution in [0.15, 0.2) is 24.3 Å². The topological polar surface area (TPSA) is 56.8 Å². The minimum atomic E-state index is -0.107. The second kappa shape index (κ2) is 9.35. The van der Waals surface area contributed by atoms with Crippen LogP contribution in [0.4, 0.5) is 0 Å². The van der Waals surface area contributed by atoms with Gasteiger partial charge in [-0.2, -0.15) is 0 Å². The summed E-state index contributed by atoms with van der Waals surface area (Å²) in [5.41, 5.74) is 1.15. The third kappa shape index (κ3) is 6.79. The van der Waals surface area contributed by atoms with Gasteiger partial charge in [0, 0.05) is 13.7 Å². The molecule has 0 aromatic heterocycles. The molecule has 0 unspecified atom stereocenters. The van der Waals surface area contributed by atoms with Crippen LogP contribution in [0.25, 0.3) is 0 Å². The zero-order valence-electron chi connectivity index (χ0n) is 11.5. The van der Waals surface area contributed by atoms with Gasteiger partial charge in [0.25, 0.3) is 0 Å². The highest BCUT2D eigenvalue weighted by Gasteiger charge is 2.01. The molecule has 0 aliphatic rings. The van der Waals surface area contributed by atoms with Crippen LogP contribution < -0.4 is 10.1 Å². The van der Waals surface area contributed by atoms with Crippen LogP contribution in [0, 0.1) is 0 Å². The van der Waals surface area contributed by atoms with Gasteiger partial charge in [-0.25, -0.2) is 0 Å². The number of carbonyl (C=O) groups excluding carboxylic acids is 1. The largest absolute Gasteiger partial charge is 0.497 e. The van der Waals surface area contributed by atoms with E-state index in [0.717, 1.165) is 17.7 Å². The van der Waals surface area contributed by atoms with Gasteiger partial charge in [-0.05, 0) is 24.1 Å². The summed E-state index contributed by atoms with van der Waals surface area (Å²) in [4.78, 5) is 11.4. The first-order chi connectivity index (χ1) is 9.26. The first-order valence-electron chi connectivity index (χ1n) is 6.22. The van der Waals surface area contributed by atoms with Gasteiger partial charge in [0.05, 0.1) is 20.3 Å². The summed E-state index contributed by atoms with van der Waals surface area (Å²) < 4.78 is 15.0. The molecule has 0 bridgehead atoms. The van der Waals surface area contributed by atoms with Gasteiger partial charge in [0.1, 0.15) is 12.4 Å². The molecule has 5 nitrogen and oxygen atoms in total. The minimum Gasteiger partial charge on any atom is -0.497 e. The molecule has 0 aliphatic carbocycles. The molecule has 1 rings (SSSR count). The predicted octanol–water partition coefficient (Wildman–Crippen LogP) is 1.02. The van der Waals surface area contributed by atoms with E-state index in [9.17, 15) is 4.79 Å². The van der Waals surface area contributed by atoms with Gasteiger partial charge in [-0.1, -0.05) is 12.1 Å². The van der Waals surface area contributed by atoms with Crippen molar-refractivity contribution in [3.63, 3.8) is 0 Å². The third-order valence-corrected chi connectivity index (χ3v) is 2.56. The van der Waals surface area contributed by atoms with Crippen LogP contribution in [0.2, 0.25) is 0 Å². The van der Waals surface area contributed by atoms with Gasteiger partial charge in [0.15, 0.2) is 0 Å². The Labute approximate surface area is 113 Å². The van der Waals surface area contributed by atoms with Gasteiger partial charge in [0.2, 0.25) is 5.91 Å². The van der Waals surface area contributed by atoms with E-state index in [-0.39, 0.29) is 12.5 Å². The molecule has 0 aliphatic heterocycles. The van der Waals surface area contributed by atoms with Crippen LogP contribution in [0.3, 0.4) is 0 Å². The smallest absolute Gasteiger partial charge is 0.246 e.